The Kier molecular flexibility index (Phi) is 1.29. The van der Waals surface area contributed by atoms with Crippen LogP contribution in [0.5, 0.6) is 0 Å². The van der Waals surface area contributed by atoms with Gasteiger partial charge < -0.3 is 0 Å². The number of nitrogens with one attached hydrogen (secondary N) is 1. The maximum atomic E-state index is 4.72. The van der Waals surface area contributed by atoms with Gasteiger partial charge in [0.25, 0.3) is 0 Å². The molecule has 0 amide bonds. The van der Waals surface area contributed by atoms with E-state index in [2.05, 4.69) is 11.7 Å². The number of nitrogens with zero attached hydrogens (tertiary/aromatic N) is 1. The predicted molar refractivity (Wildman–Crippen MR) is 24.7 cm³/mol. The molecule has 0 aromatic heterocycles. The van der Waals surface area contributed by atoms with E-state index in [1.807, 2.05) is 7.05 Å². The Bertz CT molecular complexity index is 81.8. The molecule has 0 saturated carbocycles. The largest absolute Gasteiger partial charge is 0.296 e. The highest BCUT2D eigenvalue weighted by atomic mass is 16.7. The first-order chi connectivity index (χ1) is 3.39. The quantitative estimate of drug-likeness (QED) is 0.450. The molecule has 0 saturated heterocycles. The van der Waals surface area contributed by atoms with Crippen molar-refractivity contribution in [2.45, 2.75) is 0 Å². The summed E-state index contributed by atoms with van der Waals surface area (Å²) in [6.07, 6.45) is 4.63. The normalized spacial score (nSPS) is 20.4. The molecule has 1 rings (SSSR count). The van der Waals surface area contributed by atoms with Crippen molar-refractivity contribution in [2.24, 2.45) is 0 Å². The monoisotopic (exact) mass is 99.1 g/mol. The van der Waals surface area contributed by atoms with Gasteiger partial charge in [0.15, 0.2) is 0 Å². The van der Waals surface area contributed by atoms with E-state index in [-0.39, 0.29) is 0 Å². The summed E-state index contributed by atoms with van der Waals surface area (Å²) in [5, 5.41) is 1.68. The van der Waals surface area contributed by atoms with Crippen LogP contribution in [-0.4, -0.2) is 18.7 Å². The van der Waals surface area contributed by atoms with Crippen molar-refractivity contribution in [3.63, 3.8) is 0 Å². The molecule has 1 N–H and O–H groups in total. The Hall–Kier alpha value is -0.540. The average molecular weight is 99.1 g/mol. The van der Waals surface area contributed by atoms with Gasteiger partial charge in [-0.3, -0.25) is 9.85 Å². The molecule has 0 unspecified atom stereocenters. The summed E-state index contributed by atoms with van der Waals surface area (Å²) < 4.78 is 0. The van der Waals surface area contributed by atoms with Crippen LogP contribution >= 0.6 is 0 Å². The lowest BCUT2D eigenvalue weighted by molar-refractivity contribution is -0.0509. The van der Waals surface area contributed by atoms with Gasteiger partial charge in [0.05, 0.1) is 6.61 Å². The lowest BCUT2D eigenvalue weighted by atomic mass is 10.6. The van der Waals surface area contributed by atoms with Crippen molar-refractivity contribution >= 4 is 0 Å². The van der Waals surface area contributed by atoms with Crippen molar-refractivity contribution in [3.8, 4) is 0 Å². The fourth-order valence-electron chi connectivity index (χ4n) is 0.376. The number of hydrogen-bond donors (Lipinski definition) is 1. The van der Waals surface area contributed by atoms with E-state index in [4.69, 9.17) is 4.84 Å². The first-order valence-electron chi connectivity index (χ1n) is 2.06. The third kappa shape index (κ3) is 1.17. The Morgan fingerprint density at radius 3 is 3.14 bits per heavy atom. The standard InChI is InChI=1S/C4H7N2O/c1-6-3-2-4-7-5-6/h3,5H,4H2,1H3. The second-order valence-electron chi connectivity index (χ2n) is 1.32. The highest BCUT2D eigenvalue weighted by Gasteiger charge is 1.92. The van der Waals surface area contributed by atoms with Gasteiger partial charge in [-0.05, 0) is 0 Å². The predicted octanol–water partition coefficient (Wildman–Crippen LogP) is -0.315. The number of rotatable bonds is 0. The van der Waals surface area contributed by atoms with Crippen molar-refractivity contribution in [2.75, 3.05) is 13.7 Å². The maximum absolute atomic E-state index is 4.72. The zero-order chi connectivity index (χ0) is 5.11. The van der Waals surface area contributed by atoms with Gasteiger partial charge in [0.2, 0.25) is 0 Å². The Morgan fingerprint density at radius 2 is 2.86 bits per heavy atom. The Morgan fingerprint density at radius 1 is 2.00 bits per heavy atom. The lowest BCUT2D eigenvalue weighted by Gasteiger charge is -2.17. The highest BCUT2D eigenvalue weighted by molar-refractivity contribution is 4.70. The van der Waals surface area contributed by atoms with Crippen LogP contribution in [0.4, 0.5) is 0 Å². The van der Waals surface area contributed by atoms with Gasteiger partial charge >= 0.3 is 0 Å². The molecule has 0 bridgehead atoms. The lowest BCUT2D eigenvalue weighted by Crippen LogP contribution is -2.32. The second-order valence-corrected chi connectivity index (χ2v) is 1.32. The summed E-state index contributed by atoms with van der Waals surface area (Å²) in [6, 6.07) is 0. The van der Waals surface area contributed by atoms with Crippen LogP contribution in [0.3, 0.4) is 0 Å². The van der Waals surface area contributed by atoms with E-state index in [0.717, 1.165) is 0 Å². The summed E-state index contributed by atoms with van der Waals surface area (Å²) in [5.74, 6) is 0. The van der Waals surface area contributed by atoms with Gasteiger partial charge in [0.1, 0.15) is 0 Å². The zero-order valence-corrected chi connectivity index (χ0v) is 4.14. The van der Waals surface area contributed by atoms with Gasteiger partial charge in [0, 0.05) is 19.3 Å². The van der Waals surface area contributed by atoms with Crippen LogP contribution in [0.1, 0.15) is 0 Å². The molecule has 39 valence electrons. The highest BCUT2D eigenvalue weighted by Crippen LogP contribution is 1.84. The fraction of sp³-hybridized carbons (Fsp3) is 0.500. The average Bonchev–Trinajstić information content (AvgIpc) is 1.69. The molecular weight excluding hydrogens is 92.1 g/mol. The molecule has 1 heterocycles. The molecule has 0 aliphatic carbocycles. The zero-order valence-electron chi connectivity index (χ0n) is 4.14. The summed E-state index contributed by atoms with van der Waals surface area (Å²) in [5.41, 5.74) is 2.60. The Balaban J connectivity index is 2.36. The molecule has 0 spiro atoms. The number of hydrogen-bond acceptors (Lipinski definition) is 3. The van der Waals surface area contributed by atoms with Crippen LogP contribution in [0.15, 0.2) is 6.20 Å². The van der Waals surface area contributed by atoms with E-state index in [9.17, 15) is 0 Å². The van der Waals surface area contributed by atoms with Gasteiger partial charge in [-0.15, -0.1) is 5.59 Å². The van der Waals surface area contributed by atoms with E-state index in [1.165, 1.54) is 0 Å². The summed E-state index contributed by atoms with van der Waals surface area (Å²) in [7, 11) is 1.84. The molecule has 1 aliphatic rings. The maximum Gasteiger partial charge on any atom is 0.0973 e. The van der Waals surface area contributed by atoms with Gasteiger partial charge in [-0.2, -0.15) is 0 Å². The summed E-state index contributed by atoms with van der Waals surface area (Å²) in [6.45, 7) is 0.532. The first kappa shape index (κ1) is 4.61. The van der Waals surface area contributed by atoms with Crippen molar-refractivity contribution in [1.29, 1.82) is 0 Å². The molecule has 3 nitrogen and oxygen atoms in total. The minimum Gasteiger partial charge on any atom is -0.296 e. The fourth-order valence-corrected chi connectivity index (χ4v) is 0.376. The summed E-state index contributed by atoms with van der Waals surface area (Å²) in [4.78, 5) is 4.72. The molecule has 0 aromatic rings. The molecule has 1 radical (unpaired) electrons. The van der Waals surface area contributed by atoms with Crippen LogP contribution in [0, 0.1) is 6.08 Å². The van der Waals surface area contributed by atoms with E-state index >= 15 is 0 Å². The molecule has 3 heteroatoms. The third-order valence-electron chi connectivity index (χ3n) is 0.649. The van der Waals surface area contributed by atoms with Crippen LogP contribution in [0.2, 0.25) is 0 Å². The van der Waals surface area contributed by atoms with Gasteiger partial charge in [-0.1, -0.05) is 0 Å². The smallest absolute Gasteiger partial charge is 0.0973 e. The van der Waals surface area contributed by atoms with Crippen molar-refractivity contribution in [1.82, 2.24) is 10.6 Å². The third-order valence-corrected chi connectivity index (χ3v) is 0.649. The van der Waals surface area contributed by atoms with E-state index in [0.29, 0.717) is 6.61 Å². The minimum atomic E-state index is 0.532. The van der Waals surface area contributed by atoms with Crippen molar-refractivity contribution in [3.05, 3.63) is 12.3 Å². The molecule has 1 aliphatic heterocycles. The SMILES string of the molecule is CN1C=[C]CON1. The molecule has 7 heavy (non-hydrogen) atoms. The van der Waals surface area contributed by atoms with Crippen LogP contribution in [0.25, 0.3) is 0 Å². The molecule has 0 fully saturated rings. The van der Waals surface area contributed by atoms with Crippen LogP contribution in [-0.2, 0) is 4.84 Å². The molecular formula is C4H7N2O. The van der Waals surface area contributed by atoms with Crippen molar-refractivity contribution < 1.29 is 4.84 Å². The molecule has 0 aromatic carbocycles. The van der Waals surface area contributed by atoms with Crippen LogP contribution < -0.4 is 5.59 Å². The second kappa shape index (κ2) is 1.95. The molecule has 0 atom stereocenters. The minimum absolute atomic E-state index is 0.532. The number of hydrazine groups is 1. The Labute approximate surface area is 42.5 Å². The van der Waals surface area contributed by atoms with E-state index in [1.54, 1.807) is 11.2 Å². The first-order valence-corrected chi connectivity index (χ1v) is 2.06. The topological polar surface area (TPSA) is 24.5 Å². The van der Waals surface area contributed by atoms with E-state index < -0.39 is 0 Å². The van der Waals surface area contributed by atoms with Gasteiger partial charge in [-0.25, -0.2) is 0 Å². The summed E-state index contributed by atoms with van der Waals surface area (Å²) >= 11 is 0.